The second kappa shape index (κ2) is 26.5. The minimum atomic E-state index is -0.155. The number of ether oxygens (including phenoxy) is 3. The van der Waals surface area contributed by atoms with E-state index >= 15 is 0 Å². The van der Waals surface area contributed by atoms with E-state index in [2.05, 4.69) is 32.7 Å². The third-order valence-corrected chi connectivity index (χ3v) is 13.8. The van der Waals surface area contributed by atoms with Crippen LogP contribution in [0.4, 0.5) is 10.5 Å². The Morgan fingerprint density at radius 3 is 2.10 bits per heavy atom. The molecule has 0 unspecified atom stereocenters. The van der Waals surface area contributed by atoms with Crippen LogP contribution in [0.2, 0.25) is 0 Å². The van der Waals surface area contributed by atoms with Gasteiger partial charge in [0.1, 0.15) is 0 Å². The van der Waals surface area contributed by atoms with Crippen molar-refractivity contribution in [3.8, 4) is 0 Å². The number of unbranched alkanes of at least 4 members (excludes halogenated alkanes) is 1. The van der Waals surface area contributed by atoms with Gasteiger partial charge in [0.2, 0.25) is 23.6 Å². The predicted octanol–water partition coefficient (Wildman–Crippen LogP) is 4.38. The summed E-state index contributed by atoms with van der Waals surface area (Å²) in [4.78, 5) is 63.4. The highest BCUT2D eigenvalue weighted by atomic mass is 33.1. The number of hydrogen-bond acceptors (Lipinski definition) is 11. The number of rotatable bonds is 27. The van der Waals surface area contributed by atoms with Gasteiger partial charge in [-0.05, 0) is 35.6 Å². The first kappa shape index (κ1) is 46.3. The fourth-order valence-corrected chi connectivity index (χ4v) is 10.3. The zero-order valence-electron chi connectivity index (χ0n) is 33.6. The van der Waals surface area contributed by atoms with E-state index in [-0.39, 0.29) is 54.6 Å². The summed E-state index contributed by atoms with van der Waals surface area (Å²) in [6, 6.07) is 16.2. The Balaban J connectivity index is 0.758. The van der Waals surface area contributed by atoms with Crippen molar-refractivity contribution < 1.29 is 38.2 Å². The molecular formula is C42H58N6O8S3. The molecule has 2 saturated heterocycles. The molecule has 3 aliphatic heterocycles. The molecule has 5 rings (SSSR count). The van der Waals surface area contributed by atoms with Crippen LogP contribution in [0, 0.1) is 0 Å². The predicted molar refractivity (Wildman–Crippen MR) is 237 cm³/mol. The Morgan fingerprint density at radius 1 is 0.695 bits per heavy atom. The second-order valence-corrected chi connectivity index (χ2v) is 18.2. The van der Waals surface area contributed by atoms with Gasteiger partial charge in [-0.3, -0.25) is 19.2 Å². The number of amides is 6. The molecule has 2 aromatic rings. The van der Waals surface area contributed by atoms with Gasteiger partial charge >= 0.3 is 6.03 Å². The molecule has 0 saturated carbocycles. The van der Waals surface area contributed by atoms with Crippen LogP contribution in [0.5, 0.6) is 0 Å². The average molecular weight is 871 g/mol. The number of para-hydroxylation sites is 1. The molecule has 2 aromatic carbocycles. The molecule has 0 aromatic heterocycles. The molecule has 3 heterocycles. The first-order valence-corrected chi connectivity index (χ1v) is 24.0. The quantitative estimate of drug-likeness (QED) is 0.0490. The van der Waals surface area contributed by atoms with E-state index in [1.54, 1.807) is 26.5 Å². The molecule has 0 bridgehead atoms. The molecule has 2 fully saturated rings. The number of carbonyl (C=O) groups is 5. The number of hydrogen-bond donors (Lipinski definition) is 5. The van der Waals surface area contributed by atoms with E-state index in [4.69, 9.17) is 14.2 Å². The molecular weight excluding hydrogens is 813 g/mol. The molecule has 0 radical (unpaired) electrons. The Bertz CT molecular complexity index is 1700. The summed E-state index contributed by atoms with van der Waals surface area (Å²) in [6.45, 7) is 4.32. The molecule has 5 N–H and O–H groups in total. The third kappa shape index (κ3) is 16.7. The van der Waals surface area contributed by atoms with Gasteiger partial charge in [0.05, 0.1) is 64.0 Å². The first-order chi connectivity index (χ1) is 28.9. The number of carbonyl (C=O) groups excluding carboxylic acids is 5. The van der Waals surface area contributed by atoms with E-state index < -0.39 is 0 Å². The monoisotopic (exact) mass is 870 g/mol. The van der Waals surface area contributed by atoms with Crippen molar-refractivity contribution in [2.75, 3.05) is 81.4 Å². The Labute approximate surface area is 359 Å². The zero-order valence-corrected chi connectivity index (χ0v) is 36.0. The van der Waals surface area contributed by atoms with Crippen molar-refractivity contribution in [1.29, 1.82) is 0 Å². The van der Waals surface area contributed by atoms with Crippen LogP contribution in [0.15, 0.2) is 48.5 Å². The van der Waals surface area contributed by atoms with E-state index in [1.165, 1.54) is 0 Å². The van der Waals surface area contributed by atoms with Gasteiger partial charge in [0.25, 0.3) is 0 Å². The fraction of sp³-hybridized carbons (Fsp3) is 0.548. The fourth-order valence-electron chi connectivity index (χ4n) is 6.82. The maximum absolute atomic E-state index is 13.4. The highest BCUT2D eigenvalue weighted by molar-refractivity contribution is 8.76. The lowest BCUT2D eigenvalue weighted by molar-refractivity contribution is -0.125. The van der Waals surface area contributed by atoms with Crippen LogP contribution in [0.25, 0.3) is 12.2 Å². The average Bonchev–Trinajstić information content (AvgIpc) is 3.79. The van der Waals surface area contributed by atoms with Gasteiger partial charge in [-0.25, -0.2) is 4.79 Å². The van der Waals surface area contributed by atoms with Crippen molar-refractivity contribution in [3.05, 3.63) is 65.2 Å². The highest BCUT2D eigenvalue weighted by Gasteiger charge is 2.42. The summed E-state index contributed by atoms with van der Waals surface area (Å²) < 4.78 is 16.5. The van der Waals surface area contributed by atoms with E-state index in [9.17, 15) is 24.0 Å². The highest BCUT2D eigenvalue weighted by Crippen LogP contribution is 2.33. The van der Waals surface area contributed by atoms with Crippen molar-refractivity contribution in [3.63, 3.8) is 0 Å². The smallest absolute Gasteiger partial charge is 0.315 e. The van der Waals surface area contributed by atoms with Gasteiger partial charge in [-0.2, -0.15) is 11.8 Å². The largest absolute Gasteiger partial charge is 0.377 e. The zero-order chi connectivity index (χ0) is 41.5. The third-order valence-electron chi connectivity index (χ3n) is 9.89. The Morgan fingerprint density at radius 2 is 1.32 bits per heavy atom. The molecule has 3 aliphatic rings. The SMILES string of the molecule is O=C(CCCC[C@@H]1SC[C@@H]2NC(=O)N[C@@H]21)NCCOCCOCCOCCNC(=O)CCSSCCNC(=O)CCC(=O)N1Cc2ccccc2/C=C\c2ccccc21. The number of urea groups is 1. The maximum atomic E-state index is 13.4. The normalized spacial score (nSPS) is 18.3. The summed E-state index contributed by atoms with van der Waals surface area (Å²) in [5.74, 6) is 2.04. The lowest BCUT2D eigenvalue weighted by atomic mass is 10.0. The molecule has 59 heavy (non-hydrogen) atoms. The van der Waals surface area contributed by atoms with Crippen LogP contribution in [-0.2, 0) is 39.9 Å². The molecule has 0 aliphatic carbocycles. The first-order valence-electron chi connectivity index (χ1n) is 20.5. The minimum Gasteiger partial charge on any atom is -0.377 e. The Kier molecular flexibility index (Phi) is 20.8. The van der Waals surface area contributed by atoms with Crippen molar-refractivity contribution in [2.45, 2.75) is 68.8 Å². The van der Waals surface area contributed by atoms with Crippen molar-refractivity contribution in [1.82, 2.24) is 26.6 Å². The minimum absolute atomic E-state index is 0.0262. The molecule has 6 amide bonds. The van der Waals surface area contributed by atoms with Crippen LogP contribution in [0.1, 0.15) is 61.6 Å². The molecule has 322 valence electrons. The van der Waals surface area contributed by atoms with Crippen molar-refractivity contribution >= 4 is 80.8 Å². The number of benzene rings is 2. The molecule has 0 spiro atoms. The van der Waals surface area contributed by atoms with Gasteiger partial charge < -0.3 is 45.7 Å². The van der Waals surface area contributed by atoms with Gasteiger partial charge in [-0.1, -0.05) is 82.6 Å². The summed E-state index contributed by atoms with van der Waals surface area (Å²) in [5.41, 5.74) is 3.94. The standard InChI is InChI=1S/C42H58N6O8S3/c49-37(12-6-5-11-36-41-34(30-57-36)46-42(53)47-41)43-18-21-54-23-25-56-26-24-55-22-19-44-39(51)17-27-58-59-28-20-45-38(50)15-16-40(52)48-29-33-9-2-1-7-31(33)13-14-32-8-3-4-10-35(32)48/h1-4,7-10,13-14,34,36,41H,5-6,11-12,15-30H2,(H,43,49)(H,44,51)(H,45,50)(H2,46,47,53)/b14-13-/t34-,36-,41-/m0/s1. The molecule has 3 atom stereocenters. The number of nitrogens with one attached hydrogen (secondary N) is 5. The van der Waals surface area contributed by atoms with Crippen LogP contribution >= 0.6 is 33.3 Å². The lowest BCUT2D eigenvalue weighted by Gasteiger charge is -2.27. The van der Waals surface area contributed by atoms with E-state index in [0.717, 1.165) is 47.4 Å². The van der Waals surface area contributed by atoms with Gasteiger partial charge in [0.15, 0.2) is 0 Å². The van der Waals surface area contributed by atoms with E-state index in [0.29, 0.717) is 95.4 Å². The Hall–Kier alpha value is -3.74. The summed E-state index contributed by atoms with van der Waals surface area (Å²) in [5, 5.41) is 15.0. The summed E-state index contributed by atoms with van der Waals surface area (Å²) in [7, 11) is 3.18. The van der Waals surface area contributed by atoms with Crippen LogP contribution in [-0.4, -0.2) is 124 Å². The van der Waals surface area contributed by atoms with Gasteiger partial charge in [0, 0.05) is 67.8 Å². The molecule has 17 heteroatoms. The van der Waals surface area contributed by atoms with Crippen molar-refractivity contribution in [2.24, 2.45) is 0 Å². The summed E-state index contributed by atoms with van der Waals surface area (Å²) >= 11 is 1.89. The van der Waals surface area contributed by atoms with Crippen LogP contribution < -0.4 is 31.5 Å². The number of fused-ring (bicyclic) bond motifs is 3. The van der Waals surface area contributed by atoms with Gasteiger partial charge in [-0.15, -0.1) is 0 Å². The number of thioether (sulfide) groups is 1. The molecule has 14 nitrogen and oxygen atoms in total. The maximum Gasteiger partial charge on any atom is 0.315 e. The topological polar surface area (TPSA) is 176 Å². The van der Waals surface area contributed by atoms with Crippen LogP contribution in [0.3, 0.4) is 0 Å². The summed E-state index contributed by atoms with van der Waals surface area (Å²) in [6.07, 6.45) is 8.01. The number of anilines is 1. The lowest BCUT2D eigenvalue weighted by Crippen LogP contribution is -2.36. The second-order valence-electron chi connectivity index (χ2n) is 14.2. The number of nitrogens with zero attached hydrogens (tertiary/aromatic N) is 1. The van der Waals surface area contributed by atoms with E-state index in [1.807, 2.05) is 66.4 Å².